The first-order valence-electron chi connectivity index (χ1n) is 10.6. The van der Waals surface area contributed by atoms with Crippen LogP contribution in [-0.4, -0.2) is 39.7 Å². The molecule has 1 aliphatic rings. The molecule has 1 unspecified atom stereocenters. The Balaban J connectivity index is 1.39. The Morgan fingerprint density at radius 1 is 1.28 bits per heavy atom. The predicted octanol–water partition coefficient (Wildman–Crippen LogP) is 3.93. The van der Waals surface area contributed by atoms with Crippen molar-refractivity contribution in [1.29, 1.82) is 0 Å². The number of carbonyl (C=O) groups excluding carboxylic acids is 1. The van der Waals surface area contributed by atoms with Crippen molar-refractivity contribution < 1.29 is 19.0 Å². The third kappa shape index (κ3) is 5.42. The quantitative estimate of drug-likeness (QED) is 0.387. The molecule has 0 spiro atoms. The summed E-state index contributed by atoms with van der Waals surface area (Å²) in [4.78, 5) is 12.5. The lowest BCUT2D eigenvalue weighted by Gasteiger charge is -2.26. The number of rotatable bonds is 9. The van der Waals surface area contributed by atoms with Crippen LogP contribution in [0, 0.1) is 0 Å². The number of fused-ring (bicyclic) bond motifs is 1. The van der Waals surface area contributed by atoms with E-state index >= 15 is 0 Å². The molecule has 0 fully saturated rings. The minimum Gasteiger partial charge on any atom is -0.494 e. The van der Waals surface area contributed by atoms with Gasteiger partial charge in [0.2, 0.25) is 11.7 Å². The van der Waals surface area contributed by atoms with Gasteiger partial charge in [-0.15, -0.1) is 10.2 Å². The van der Waals surface area contributed by atoms with E-state index in [2.05, 4.69) is 32.9 Å². The normalized spacial score (nSPS) is 15.0. The van der Waals surface area contributed by atoms with Crippen molar-refractivity contribution in [3.8, 4) is 17.2 Å². The molecule has 2 N–H and O–H groups in total. The lowest BCUT2D eigenvalue weighted by atomic mass is 10.2. The van der Waals surface area contributed by atoms with Crippen molar-refractivity contribution in [1.82, 2.24) is 20.6 Å². The molecule has 9 nitrogen and oxygen atoms in total. The van der Waals surface area contributed by atoms with E-state index in [4.69, 9.17) is 14.2 Å². The van der Waals surface area contributed by atoms with Crippen molar-refractivity contribution in [2.24, 2.45) is 0 Å². The summed E-state index contributed by atoms with van der Waals surface area (Å²) < 4.78 is 17.5. The van der Waals surface area contributed by atoms with Gasteiger partial charge in [0.1, 0.15) is 12.4 Å². The van der Waals surface area contributed by atoms with Crippen molar-refractivity contribution >= 4 is 17.7 Å². The molecule has 0 radical (unpaired) electrons. The minimum absolute atomic E-state index is 0.251. The van der Waals surface area contributed by atoms with E-state index < -0.39 is 6.10 Å². The van der Waals surface area contributed by atoms with E-state index in [0.29, 0.717) is 29.6 Å². The Morgan fingerprint density at radius 2 is 2.19 bits per heavy atom. The Morgan fingerprint density at radius 3 is 3.03 bits per heavy atom. The highest BCUT2D eigenvalue weighted by Crippen LogP contribution is 2.41. The maximum absolute atomic E-state index is 12.5. The summed E-state index contributed by atoms with van der Waals surface area (Å²) in [5, 5.41) is 16.7. The number of para-hydroxylation sites is 1. The van der Waals surface area contributed by atoms with Gasteiger partial charge in [-0.1, -0.05) is 43.2 Å². The Labute approximate surface area is 185 Å². The molecule has 32 heavy (non-hydrogen) atoms. The molecule has 4 rings (SSSR count). The molecule has 2 aromatic carbocycles. The molecule has 1 amide bonds. The van der Waals surface area contributed by atoms with Crippen LogP contribution in [0.4, 0.5) is 5.69 Å². The second kappa shape index (κ2) is 10.4. The highest BCUT2D eigenvalue weighted by Gasteiger charge is 2.28. The van der Waals surface area contributed by atoms with Crippen LogP contribution < -0.4 is 19.5 Å². The highest BCUT2D eigenvalue weighted by atomic mass is 16.6. The van der Waals surface area contributed by atoms with Gasteiger partial charge in [0.25, 0.3) is 0 Å². The van der Waals surface area contributed by atoms with Crippen LogP contribution in [0.25, 0.3) is 6.08 Å². The van der Waals surface area contributed by atoms with E-state index in [1.54, 1.807) is 24.3 Å². The van der Waals surface area contributed by atoms with Gasteiger partial charge in [-0.3, -0.25) is 4.79 Å². The number of nitrogens with one attached hydrogen (secondary N) is 2. The van der Waals surface area contributed by atoms with Crippen molar-refractivity contribution in [2.45, 2.75) is 32.3 Å². The SMILES string of the molecule is CCCCCOc1cccc(/C=C/C(=O)Nc2cccc3c2OC(c2nn[nH]n2)CO3)c1. The summed E-state index contributed by atoms with van der Waals surface area (Å²) in [6.45, 7) is 3.10. The van der Waals surface area contributed by atoms with Gasteiger partial charge < -0.3 is 19.5 Å². The number of nitrogens with zero attached hydrogens (tertiary/aromatic N) is 3. The van der Waals surface area contributed by atoms with Gasteiger partial charge in [0, 0.05) is 6.08 Å². The van der Waals surface area contributed by atoms with E-state index in [-0.39, 0.29) is 12.5 Å². The van der Waals surface area contributed by atoms with Crippen molar-refractivity contribution in [3.63, 3.8) is 0 Å². The van der Waals surface area contributed by atoms with E-state index in [1.807, 2.05) is 24.3 Å². The Kier molecular flexibility index (Phi) is 6.96. The predicted molar refractivity (Wildman–Crippen MR) is 119 cm³/mol. The zero-order valence-electron chi connectivity index (χ0n) is 17.8. The monoisotopic (exact) mass is 435 g/mol. The summed E-state index contributed by atoms with van der Waals surface area (Å²) in [6, 6.07) is 13.0. The number of benzene rings is 2. The van der Waals surface area contributed by atoms with Gasteiger partial charge in [-0.05, 0) is 42.3 Å². The number of H-pyrrole nitrogens is 1. The number of carbonyl (C=O) groups is 1. The number of hydrogen-bond acceptors (Lipinski definition) is 7. The molecule has 0 saturated heterocycles. The number of amides is 1. The van der Waals surface area contributed by atoms with Crippen LogP contribution >= 0.6 is 0 Å². The highest BCUT2D eigenvalue weighted by molar-refractivity contribution is 6.03. The van der Waals surface area contributed by atoms with Crippen LogP contribution in [-0.2, 0) is 4.79 Å². The fraction of sp³-hybridized carbons (Fsp3) is 0.304. The maximum atomic E-state index is 12.5. The smallest absolute Gasteiger partial charge is 0.248 e. The summed E-state index contributed by atoms with van der Waals surface area (Å²) >= 11 is 0. The minimum atomic E-state index is -0.519. The maximum Gasteiger partial charge on any atom is 0.248 e. The van der Waals surface area contributed by atoms with Gasteiger partial charge in [0.05, 0.1) is 12.3 Å². The van der Waals surface area contributed by atoms with Gasteiger partial charge >= 0.3 is 0 Å². The number of unbranched alkanes of at least 4 members (excludes halogenated alkanes) is 2. The first kappa shape index (κ1) is 21.4. The van der Waals surface area contributed by atoms with Gasteiger partial charge in [-0.2, -0.15) is 5.21 Å². The molecular weight excluding hydrogens is 410 g/mol. The largest absolute Gasteiger partial charge is 0.494 e. The second-order valence-corrected chi connectivity index (χ2v) is 7.27. The number of tetrazole rings is 1. The standard InChI is InChI=1S/C23H25N5O4/c1-2-3-4-13-30-17-8-5-7-16(14-17)11-12-21(29)24-18-9-6-10-19-22(18)32-20(15-31-19)23-25-27-28-26-23/h5-12,14,20H,2-4,13,15H2,1H3,(H,24,29)(H,25,26,27,28)/b12-11+. The van der Waals surface area contributed by atoms with E-state index in [0.717, 1.165) is 30.6 Å². The lowest BCUT2D eigenvalue weighted by Crippen LogP contribution is -2.24. The Hall–Kier alpha value is -3.88. The molecule has 0 bridgehead atoms. The lowest BCUT2D eigenvalue weighted by molar-refractivity contribution is -0.111. The summed E-state index contributed by atoms with van der Waals surface area (Å²) in [7, 11) is 0. The molecule has 3 aromatic rings. The van der Waals surface area contributed by atoms with Crippen molar-refractivity contribution in [2.75, 3.05) is 18.5 Å². The first-order chi connectivity index (χ1) is 15.7. The zero-order chi connectivity index (χ0) is 22.2. The van der Waals surface area contributed by atoms with Gasteiger partial charge in [-0.25, -0.2) is 0 Å². The number of anilines is 1. The average molecular weight is 435 g/mol. The number of hydrogen-bond donors (Lipinski definition) is 2. The molecule has 1 aliphatic heterocycles. The Bertz CT molecular complexity index is 1070. The van der Waals surface area contributed by atoms with Gasteiger partial charge in [0.15, 0.2) is 17.6 Å². The fourth-order valence-electron chi connectivity index (χ4n) is 3.22. The van der Waals surface area contributed by atoms with Crippen LogP contribution in [0.3, 0.4) is 0 Å². The summed E-state index contributed by atoms with van der Waals surface area (Å²) in [6.07, 6.45) is 6.02. The average Bonchev–Trinajstić information content (AvgIpc) is 3.36. The van der Waals surface area contributed by atoms with E-state index in [9.17, 15) is 4.79 Å². The number of aromatic nitrogens is 4. The molecule has 1 atom stereocenters. The number of ether oxygens (including phenoxy) is 3. The topological polar surface area (TPSA) is 111 Å². The fourth-order valence-corrected chi connectivity index (χ4v) is 3.22. The molecule has 1 aromatic heterocycles. The molecule has 0 saturated carbocycles. The third-order valence-corrected chi connectivity index (χ3v) is 4.84. The summed E-state index contributed by atoms with van der Waals surface area (Å²) in [5.41, 5.74) is 1.37. The first-order valence-corrected chi connectivity index (χ1v) is 10.6. The molecular formula is C23H25N5O4. The summed E-state index contributed by atoms with van der Waals surface area (Å²) in [5.74, 6) is 1.85. The van der Waals surface area contributed by atoms with Crippen LogP contribution in [0.5, 0.6) is 17.2 Å². The molecule has 2 heterocycles. The van der Waals surface area contributed by atoms with Crippen LogP contribution in [0.15, 0.2) is 48.5 Å². The zero-order valence-corrected chi connectivity index (χ0v) is 17.8. The molecule has 9 heteroatoms. The molecule has 0 aliphatic carbocycles. The number of aromatic amines is 1. The van der Waals surface area contributed by atoms with Crippen LogP contribution in [0.1, 0.15) is 43.7 Å². The van der Waals surface area contributed by atoms with Crippen LogP contribution in [0.2, 0.25) is 0 Å². The molecule has 166 valence electrons. The third-order valence-electron chi connectivity index (χ3n) is 4.84. The van der Waals surface area contributed by atoms with Crippen molar-refractivity contribution in [3.05, 3.63) is 59.9 Å². The van der Waals surface area contributed by atoms with E-state index in [1.165, 1.54) is 6.08 Å². The second-order valence-electron chi connectivity index (χ2n) is 7.27.